The first-order chi connectivity index (χ1) is 10.3. The summed E-state index contributed by atoms with van der Waals surface area (Å²) in [6.07, 6.45) is 5.97. The molecule has 0 atom stereocenters. The SMILES string of the molecule is CCCNCc1ccc(N(CCCO)C2CCC2)cc1C. The highest BCUT2D eigenvalue weighted by atomic mass is 16.3. The van der Waals surface area contributed by atoms with E-state index in [0.29, 0.717) is 6.04 Å². The summed E-state index contributed by atoms with van der Waals surface area (Å²) in [6.45, 7) is 7.68. The van der Waals surface area contributed by atoms with E-state index < -0.39 is 0 Å². The maximum Gasteiger partial charge on any atom is 0.0447 e. The fourth-order valence-electron chi connectivity index (χ4n) is 2.92. The van der Waals surface area contributed by atoms with Gasteiger partial charge in [-0.1, -0.05) is 13.0 Å². The largest absolute Gasteiger partial charge is 0.396 e. The summed E-state index contributed by atoms with van der Waals surface area (Å²) >= 11 is 0. The highest BCUT2D eigenvalue weighted by molar-refractivity contribution is 5.52. The van der Waals surface area contributed by atoms with Crippen molar-refractivity contribution in [2.75, 3.05) is 24.6 Å². The van der Waals surface area contributed by atoms with Crippen molar-refractivity contribution in [3.63, 3.8) is 0 Å². The summed E-state index contributed by atoms with van der Waals surface area (Å²) in [5.41, 5.74) is 4.08. The molecule has 0 aliphatic heterocycles. The molecule has 0 heterocycles. The quantitative estimate of drug-likeness (QED) is 0.685. The van der Waals surface area contributed by atoms with Crippen molar-refractivity contribution in [3.8, 4) is 0 Å². The van der Waals surface area contributed by atoms with Crippen molar-refractivity contribution in [1.82, 2.24) is 5.32 Å². The third kappa shape index (κ3) is 4.45. The molecule has 3 nitrogen and oxygen atoms in total. The molecule has 1 aromatic rings. The molecule has 1 aromatic carbocycles. The molecule has 0 amide bonds. The van der Waals surface area contributed by atoms with Crippen LogP contribution in [0.4, 0.5) is 5.69 Å². The summed E-state index contributed by atoms with van der Waals surface area (Å²) in [7, 11) is 0. The van der Waals surface area contributed by atoms with Crippen molar-refractivity contribution >= 4 is 5.69 Å². The lowest BCUT2D eigenvalue weighted by atomic mass is 9.90. The zero-order chi connectivity index (χ0) is 15.1. The van der Waals surface area contributed by atoms with Crippen LogP contribution < -0.4 is 10.2 Å². The van der Waals surface area contributed by atoms with Gasteiger partial charge in [-0.25, -0.2) is 0 Å². The first kappa shape index (κ1) is 16.3. The topological polar surface area (TPSA) is 35.5 Å². The lowest BCUT2D eigenvalue weighted by molar-refractivity contribution is 0.283. The molecule has 1 fully saturated rings. The van der Waals surface area contributed by atoms with Gasteiger partial charge in [0, 0.05) is 31.4 Å². The molecule has 1 aliphatic carbocycles. The van der Waals surface area contributed by atoms with Gasteiger partial charge >= 0.3 is 0 Å². The van der Waals surface area contributed by atoms with Crippen LogP contribution in [0.15, 0.2) is 18.2 Å². The van der Waals surface area contributed by atoms with Crippen LogP contribution in [0.2, 0.25) is 0 Å². The van der Waals surface area contributed by atoms with Gasteiger partial charge in [0.25, 0.3) is 0 Å². The number of nitrogens with zero attached hydrogens (tertiary/aromatic N) is 1. The van der Waals surface area contributed by atoms with Crippen LogP contribution in [0.5, 0.6) is 0 Å². The zero-order valence-electron chi connectivity index (χ0n) is 13.6. The van der Waals surface area contributed by atoms with Gasteiger partial charge in [0.15, 0.2) is 0 Å². The Hall–Kier alpha value is -1.06. The van der Waals surface area contributed by atoms with Gasteiger partial charge in [-0.3, -0.25) is 0 Å². The number of aliphatic hydroxyl groups excluding tert-OH is 1. The summed E-state index contributed by atoms with van der Waals surface area (Å²) < 4.78 is 0. The number of aliphatic hydroxyl groups is 1. The molecular weight excluding hydrogens is 260 g/mol. The van der Waals surface area contributed by atoms with E-state index in [1.165, 1.54) is 42.5 Å². The number of hydrogen-bond donors (Lipinski definition) is 2. The van der Waals surface area contributed by atoms with Crippen LogP contribution in [-0.2, 0) is 6.54 Å². The third-order valence-corrected chi connectivity index (χ3v) is 4.47. The Labute approximate surface area is 129 Å². The van der Waals surface area contributed by atoms with Gasteiger partial charge in [0.1, 0.15) is 0 Å². The first-order valence-corrected chi connectivity index (χ1v) is 8.44. The van der Waals surface area contributed by atoms with Crippen molar-refractivity contribution in [2.24, 2.45) is 0 Å². The molecule has 3 heteroatoms. The number of nitrogens with one attached hydrogen (secondary N) is 1. The predicted octanol–water partition coefficient (Wildman–Crippen LogP) is 3.24. The van der Waals surface area contributed by atoms with Gasteiger partial charge in [0.2, 0.25) is 0 Å². The van der Waals surface area contributed by atoms with E-state index in [-0.39, 0.29) is 6.61 Å². The maximum atomic E-state index is 9.12. The van der Waals surface area contributed by atoms with E-state index in [4.69, 9.17) is 5.11 Å². The van der Waals surface area contributed by atoms with Crippen LogP contribution in [-0.4, -0.2) is 30.8 Å². The average molecular weight is 290 g/mol. The number of benzene rings is 1. The van der Waals surface area contributed by atoms with Crippen molar-refractivity contribution in [1.29, 1.82) is 0 Å². The first-order valence-electron chi connectivity index (χ1n) is 8.44. The van der Waals surface area contributed by atoms with Gasteiger partial charge in [0.05, 0.1) is 0 Å². The van der Waals surface area contributed by atoms with Crippen LogP contribution in [0.25, 0.3) is 0 Å². The molecule has 0 aromatic heterocycles. The highest BCUT2D eigenvalue weighted by Crippen LogP contribution is 2.30. The van der Waals surface area contributed by atoms with Gasteiger partial charge in [-0.15, -0.1) is 0 Å². The molecule has 2 rings (SSSR count). The fraction of sp³-hybridized carbons (Fsp3) is 0.667. The zero-order valence-corrected chi connectivity index (χ0v) is 13.6. The number of rotatable bonds is 9. The Morgan fingerprint density at radius 1 is 1.33 bits per heavy atom. The van der Waals surface area contributed by atoms with Crippen LogP contribution in [0.3, 0.4) is 0 Å². The monoisotopic (exact) mass is 290 g/mol. The van der Waals surface area contributed by atoms with E-state index >= 15 is 0 Å². The molecule has 0 unspecified atom stereocenters. The minimum absolute atomic E-state index is 0.279. The van der Waals surface area contributed by atoms with Crippen LogP contribution in [0.1, 0.15) is 50.2 Å². The van der Waals surface area contributed by atoms with E-state index in [9.17, 15) is 0 Å². The molecule has 0 spiro atoms. The Kier molecular flexibility index (Phi) is 6.52. The van der Waals surface area contributed by atoms with Crippen LogP contribution in [0, 0.1) is 6.92 Å². The second-order valence-electron chi connectivity index (χ2n) is 6.14. The van der Waals surface area contributed by atoms with Crippen LogP contribution >= 0.6 is 0 Å². The third-order valence-electron chi connectivity index (χ3n) is 4.47. The Morgan fingerprint density at radius 2 is 2.14 bits per heavy atom. The van der Waals surface area contributed by atoms with Gasteiger partial charge in [-0.05, 0) is 68.8 Å². The normalized spacial score (nSPS) is 15.0. The smallest absolute Gasteiger partial charge is 0.0447 e. The van der Waals surface area contributed by atoms with Gasteiger partial charge in [-0.2, -0.15) is 0 Å². The van der Waals surface area contributed by atoms with Crippen molar-refractivity contribution in [2.45, 2.75) is 58.5 Å². The molecule has 118 valence electrons. The Balaban J connectivity index is 2.04. The molecule has 0 saturated heterocycles. The predicted molar refractivity (Wildman–Crippen MR) is 89.9 cm³/mol. The molecule has 21 heavy (non-hydrogen) atoms. The standard InChI is InChI=1S/C18H30N2O/c1-3-10-19-14-16-8-9-18(13-15(16)2)20(11-5-12-21)17-6-4-7-17/h8-9,13,17,19,21H,3-7,10-12,14H2,1-2H3. The minimum Gasteiger partial charge on any atom is -0.396 e. The summed E-state index contributed by atoms with van der Waals surface area (Å²) in [6, 6.07) is 7.52. The molecule has 2 N–H and O–H groups in total. The van der Waals surface area contributed by atoms with Gasteiger partial charge < -0.3 is 15.3 Å². The maximum absolute atomic E-state index is 9.12. The minimum atomic E-state index is 0.279. The lowest BCUT2D eigenvalue weighted by Gasteiger charge is -2.39. The fourth-order valence-corrected chi connectivity index (χ4v) is 2.92. The Morgan fingerprint density at radius 3 is 2.71 bits per heavy atom. The lowest BCUT2D eigenvalue weighted by Crippen LogP contribution is -2.41. The van der Waals surface area contributed by atoms with E-state index in [2.05, 4.69) is 42.3 Å². The average Bonchev–Trinajstić information content (AvgIpc) is 2.43. The summed E-state index contributed by atoms with van der Waals surface area (Å²) in [5, 5.41) is 12.6. The highest BCUT2D eigenvalue weighted by Gasteiger charge is 2.24. The molecule has 1 aliphatic rings. The number of aryl methyl sites for hydroxylation is 1. The van der Waals surface area contributed by atoms with E-state index in [1.54, 1.807) is 0 Å². The second-order valence-corrected chi connectivity index (χ2v) is 6.14. The number of anilines is 1. The molecule has 0 bridgehead atoms. The number of hydrogen-bond acceptors (Lipinski definition) is 3. The Bertz CT molecular complexity index is 429. The van der Waals surface area contributed by atoms with E-state index in [0.717, 1.165) is 26.1 Å². The summed E-state index contributed by atoms with van der Waals surface area (Å²) in [4.78, 5) is 2.50. The second kappa shape index (κ2) is 8.40. The van der Waals surface area contributed by atoms with E-state index in [1.807, 2.05) is 0 Å². The molecular formula is C18H30N2O. The molecule has 1 saturated carbocycles. The summed E-state index contributed by atoms with van der Waals surface area (Å²) in [5.74, 6) is 0. The molecule has 0 radical (unpaired) electrons. The van der Waals surface area contributed by atoms with Crippen molar-refractivity contribution < 1.29 is 5.11 Å². The van der Waals surface area contributed by atoms with Crippen molar-refractivity contribution in [3.05, 3.63) is 29.3 Å².